The van der Waals surface area contributed by atoms with Gasteiger partial charge in [0.15, 0.2) is 0 Å². The number of urea groups is 2. The van der Waals surface area contributed by atoms with Gasteiger partial charge in [0.05, 0.1) is 0 Å². The van der Waals surface area contributed by atoms with Crippen LogP contribution in [0.5, 0.6) is 0 Å². The van der Waals surface area contributed by atoms with Gasteiger partial charge in [-0.3, -0.25) is 19.8 Å². The van der Waals surface area contributed by atoms with Gasteiger partial charge in [0.1, 0.15) is 12.1 Å². The van der Waals surface area contributed by atoms with Crippen molar-refractivity contribution in [3.8, 4) is 0 Å². The van der Waals surface area contributed by atoms with E-state index in [-0.39, 0.29) is 11.9 Å². The predicted molar refractivity (Wildman–Crippen MR) is 82.4 cm³/mol. The Morgan fingerprint density at radius 3 is 2.48 bits per heavy atom. The molecule has 2 rings (SSSR count). The molecule has 1 spiro atoms. The SMILES string of the molecule is CC1CCC2(CC1)NC(=O)N(CC(=O)NC(=O)NC(C)C)C2=O. The largest absolute Gasteiger partial charge is 0.336 e. The molecule has 1 heterocycles. The van der Waals surface area contributed by atoms with E-state index in [9.17, 15) is 19.2 Å². The first kappa shape index (κ1) is 17.2. The van der Waals surface area contributed by atoms with Gasteiger partial charge in [0.25, 0.3) is 5.91 Å². The van der Waals surface area contributed by atoms with Crippen LogP contribution in [0.4, 0.5) is 9.59 Å². The highest BCUT2D eigenvalue weighted by Gasteiger charge is 2.52. The second-order valence-corrected chi connectivity index (χ2v) is 6.76. The maximum atomic E-state index is 12.6. The molecule has 6 amide bonds. The third-order valence-corrected chi connectivity index (χ3v) is 4.35. The molecule has 3 N–H and O–H groups in total. The topological polar surface area (TPSA) is 108 Å². The van der Waals surface area contributed by atoms with Gasteiger partial charge in [-0.15, -0.1) is 0 Å². The molecular weight excluding hydrogens is 300 g/mol. The number of nitrogens with zero attached hydrogens (tertiary/aromatic N) is 1. The van der Waals surface area contributed by atoms with Crippen molar-refractivity contribution in [3.05, 3.63) is 0 Å². The van der Waals surface area contributed by atoms with E-state index in [0.29, 0.717) is 18.8 Å². The lowest BCUT2D eigenvalue weighted by molar-refractivity contribution is -0.135. The van der Waals surface area contributed by atoms with Crippen molar-refractivity contribution in [1.82, 2.24) is 20.9 Å². The molecule has 2 fully saturated rings. The molecule has 0 bridgehead atoms. The lowest BCUT2D eigenvalue weighted by Crippen LogP contribution is -2.50. The van der Waals surface area contributed by atoms with Crippen molar-refractivity contribution in [1.29, 1.82) is 0 Å². The number of hydrogen-bond acceptors (Lipinski definition) is 4. The van der Waals surface area contributed by atoms with Gasteiger partial charge in [-0.1, -0.05) is 6.92 Å². The van der Waals surface area contributed by atoms with Crippen molar-refractivity contribution in [2.45, 2.75) is 58.0 Å². The summed E-state index contributed by atoms with van der Waals surface area (Å²) in [5.74, 6) is -0.524. The van der Waals surface area contributed by atoms with Gasteiger partial charge in [-0.25, -0.2) is 9.59 Å². The molecule has 8 heteroatoms. The molecule has 128 valence electrons. The van der Waals surface area contributed by atoms with Crippen LogP contribution in [-0.4, -0.2) is 46.9 Å². The molecule has 1 saturated heterocycles. The van der Waals surface area contributed by atoms with Crippen LogP contribution in [0.3, 0.4) is 0 Å². The van der Waals surface area contributed by atoms with E-state index in [4.69, 9.17) is 0 Å². The summed E-state index contributed by atoms with van der Waals surface area (Å²) in [4.78, 5) is 48.9. The summed E-state index contributed by atoms with van der Waals surface area (Å²) in [6.45, 7) is 5.19. The van der Waals surface area contributed by atoms with Gasteiger partial charge >= 0.3 is 12.1 Å². The number of carbonyl (C=O) groups is 4. The van der Waals surface area contributed by atoms with Crippen molar-refractivity contribution in [2.24, 2.45) is 5.92 Å². The zero-order chi connectivity index (χ0) is 17.2. The zero-order valence-corrected chi connectivity index (χ0v) is 13.8. The Kier molecular flexibility index (Phi) is 4.91. The normalized spacial score (nSPS) is 27.3. The van der Waals surface area contributed by atoms with Crippen molar-refractivity contribution in [2.75, 3.05) is 6.54 Å². The number of imide groups is 2. The van der Waals surface area contributed by atoms with Crippen molar-refractivity contribution < 1.29 is 19.2 Å². The third-order valence-electron chi connectivity index (χ3n) is 4.35. The van der Waals surface area contributed by atoms with Crippen LogP contribution in [0.25, 0.3) is 0 Å². The smallest absolute Gasteiger partial charge is 0.325 e. The van der Waals surface area contributed by atoms with Crippen LogP contribution in [0.1, 0.15) is 46.5 Å². The fourth-order valence-electron chi connectivity index (χ4n) is 3.02. The van der Waals surface area contributed by atoms with E-state index in [1.807, 2.05) is 0 Å². The number of carbonyl (C=O) groups excluding carboxylic acids is 4. The first-order valence-corrected chi connectivity index (χ1v) is 7.98. The Hall–Kier alpha value is -2.12. The molecule has 0 radical (unpaired) electrons. The maximum Gasteiger partial charge on any atom is 0.325 e. The molecule has 0 unspecified atom stereocenters. The molecule has 0 aromatic carbocycles. The molecule has 1 aliphatic heterocycles. The maximum absolute atomic E-state index is 12.6. The fraction of sp³-hybridized carbons (Fsp3) is 0.733. The Balaban J connectivity index is 1.95. The van der Waals surface area contributed by atoms with Gasteiger partial charge in [-0.05, 0) is 45.4 Å². The highest BCUT2D eigenvalue weighted by atomic mass is 16.2. The Bertz CT molecular complexity index is 524. The zero-order valence-electron chi connectivity index (χ0n) is 13.8. The quantitative estimate of drug-likeness (QED) is 0.665. The molecule has 8 nitrogen and oxygen atoms in total. The average Bonchev–Trinajstić information content (AvgIpc) is 2.66. The third kappa shape index (κ3) is 3.80. The van der Waals surface area contributed by atoms with Crippen LogP contribution in [0.2, 0.25) is 0 Å². The summed E-state index contributed by atoms with van der Waals surface area (Å²) in [6.07, 6.45) is 2.90. The Morgan fingerprint density at radius 1 is 1.30 bits per heavy atom. The fourth-order valence-corrected chi connectivity index (χ4v) is 3.02. The summed E-state index contributed by atoms with van der Waals surface area (Å²) in [6, 6.07) is -1.32. The lowest BCUT2D eigenvalue weighted by Gasteiger charge is -2.33. The lowest BCUT2D eigenvalue weighted by atomic mass is 9.77. The predicted octanol–water partition coefficient (Wildman–Crippen LogP) is 0.721. The minimum Gasteiger partial charge on any atom is -0.336 e. The van der Waals surface area contributed by atoms with E-state index in [1.165, 1.54) is 0 Å². The minimum atomic E-state index is -0.871. The summed E-state index contributed by atoms with van der Waals surface area (Å²) in [5.41, 5.74) is -0.871. The minimum absolute atomic E-state index is 0.119. The van der Waals surface area contributed by atoms with E-state index in [2.05, 4.69) is 22.9 Å². The molecule has 0 aromatic rings. The molecule has 23 heavy (non-hydrogen) atoms. The van der Waals surface area contributed by atoms with E-state index in [1.54, 1.807) is 13.8 Å². The van der Waals surface area contributed by atoms with Crippen LogP contribution in [0.15, 0.2) is 0 Å². The van der Waals surface area contributed by atoms with Crippen LogP contribution in [0, 0.1) is 5.92 Å². The van der Waals surface area contributed by atoms with Crippen LogP contribution >= 0.6 is 0 Å². The van der Waals surface area contributed by atoms with E-state index >= 15 is 0 Å². The summed E-state index contributed by atoms with van der Waals surface area (Å²) >= 11 is 0. The highest BCUT2D eigenvalue weighted by Crippen LogP contribution is 2.36. The second kappa shape index (κ2) is 6.55. The molecule has 2 aliphatic rings. The monoisotopic (exact) mass is 324 g/mol. The van der Waals surface area contributed by atoms with Crippen LogP contribution < -0.4 is 16.0 Å². The molecular formula is C15H24N4O4. The second-order valence-electron chi connectivity index (χ2n) is 6.76. The first-order chi connectivity index (χ1) is 10.7. The summed E-state index contributed by atoms with van der Waals surface area (Å²) < 4.78 is 0. The summed E-state index contributed by atoms with van der Waals surface area (Å²) in [5, 5.41) is 7.36. The van der Waals surface area contributed by atoms with Gasteiger partial charge in [0.2, 0.25) is 5.91 Å². The standard InChI is InChI=1S/C15H24N4O4/c1-9(2)16-13(22)17-11(20)8-19-12(21)15(18-14(19)23)6-4-10(3)5-7-15/h9-10H,4-8H2,1-3H3,(H,18,23)(H2,16,17,20,22). The summed E-state index contributed by atoms with van der Waals surface area (Å²) in [7, 11) is 0. The Labute approximate surface area is 135 Å². The number of amides is 6. The van der Waals surface area contributed by atoms with Crippen LogP contribution in [-0.2, 0) is 9.59 Å². The number of nitrogens with one attached hydrogen (secondary N) is 3. The first-order valence-electron chi connectivity index (χ1n) is 7.98. The highest BCUT2D eigenvalue weighted by molar-refractivity contribution is 6.10. The van der Waals surface area contributed by atoms with Crippen molar-refractivity contribution >= 4 is 23.9 Å². The van der Waals surface area contributed by atoms with Crippen molar-refractivity contribution in [3.63, 3.8) is 0 Å². The van der Waals surface area contributed by atoms with E-state index < -0.39 is 30.1 Å². The van der Waals surface area contributed by atoms with E-state index in [0.717, 1.165) is 17.7 Å². The number of hydrogen-bond donors (Lipinski definition) is 3. The van der Waals surface area contributed by atoms with Gasteiger partial charge < -0.3 is 10.6 Å². The molecule has 1 aliphatic carbocycles. The molecule has 1 saturated carbocycles. The Morgan fingerprint density at radius 2 is 1.91 bits per heavy atom. The number of rotatable bonds is 3. The molecule has 0 aromatic heterocycles. The average molecular weight is 324 g/mol. The molecule has 0 atom stereocenters. The van der Waals surface area contributed by atoms with Gasteiger partial charge in [-0.2, -0.15) is 0 Å². The van der Waals surface area contributed by atoms with Gasteiger partial charge in [0, 0.05) is 6.04 Å².